The van der Waals surface area contributed by atoms with Crippen LogP contribution in [-0.4, -0.2) is 19.6 Å². The third kappa shape index (κ3) is 1.87. The highest BCUT2D eigenvalue weighted by Gasteiger charge is 2.51. The number of thiophene rings is 1. The number of fused-ring (bicyclic) bond motifs is 2. The summed E-state index contributed by atoms with van der Waals surface area (Å²) in [5, 5.41) is 10.6. The van der Waals surface area contributed by atoms with Gasteiger partial charge in [-0.3, -0.25) is 0 Å². The Balaban J connectivity index is 1.34. The van der Waals surface area contributed by atoms with Crippen LogP contribution in [0.25, 0.3) is 10.1 Å². The lowest BCUT2D eigenvalue weighted by molar-refractivity contribution is 0.540. The van der Waals surface area contributed by atoms with E-state index in [9.17, 15) is 0 Å². The Morgan fingerprint density at radius 1 is 1.22 bits per heavy atom. The van der Waals surface area contributed by atoms with Crippen LogP contribution >= 0.6 is 11.3 Å². The van der Waals surface area contributed by atoms with Crippen molar-refractivity contribution in [2.45, 2.75) is 6.54 Å². The predicted octanol–water partition coefficient (Wildman–Crippen LogP) is 2.46. The molecule has 2 nitrogen and oxygen atoms in total. The fourth-order valence-electron chi connectivity index (χ4n) is 3.36. The second-order valence-electron chi connectivity index (χ2n) is 5.57. The number of hydrogen-bond acceptors (Lipinski definition) is 3. The Hall–Kier alpha value is -0.900. The second-order valence-corrected chi connectivity index (χ2v) is 6.52. The average molecular weight is 258 g/mol. The van der Waals surface area contributed by atoms with Crippen LogP contribution in [0.5, 0.6) is 0 Å². The maximum absolute atomic E-state index is 3.62. The van der Waals surface area contributed by atoms with Crippen molar-refractivity contribution in [1.29, 1.82) is 0 Å². The Morgan fingerprint density at radius 3 is 3.00 bits per heavy atom. The van der Waals surface area contributed by atoms with Crippen LogP contribution in [0.4, 0.5) is 0 Å². The second kappa shape index (κ2) is 4.34. The van der Waals surface area contributed by atoms with Gasteiger partial charge in [-0.15, -0.1) is 11.3 Å². The molecule has 1 aromatic heterocycles. The first-order valence-electron chi connectivity index (χ1n) is 6.79. The van der Waals surface area contributed by atoms with Gasteiger partial charge in [-0.05, 0) is 71.9 Å². The molecule has 0 amide bonds. The topological polar surface area (TPSA) is 24.1 Å². The van der Waals surface area contributed by atoms with E-state index in [1.54, 1.807) is 0 Å². The summed E-state index contributed by atoms with van der Waals surface area (Å²) in [6.45, 7) is 4.70. The normalized spacial score (nSPS) is 29.7. The lowest BCUT2D eigenvalue weighted by Crippen LogP contribution is -2.23. The molecule has 1 saturated heterocycles. The summed E-state index contributed by atoms with van der Waals surface area (Å²) in [5.74, 6) is 2.88. The standard InChI is InChI=1S/C15H18N2S/c1-2-15-11(3-4-18-15)5-10(1)6-16-7-12-13-8-17-9-14(12)13/h1-5,12-14,16-17H,6-9H2/t12?,13-,14+. The number of nitrogens with one attached hydrogen (secondary N) is 2. The molecule has 1 aliphatic carbocycles. The van der Waals surface area contributed by atoms with Gasteiger partial charge in [0.1, 0.15) is 0 Å². The first kappa shape index (κ1) is 11.0. The van der Waals surface area contributed by atoms with E-state index in [4.69, 9.17) is 0 Å². The zero-order valence-corrected chi connectivity index (χ0v) is 11.2. The average Bonchev–Trinajstić information content (AvgIpc) is 2.82. The van der Waals surface area contributed by atoms with E-state index in [2.05, 4.69) is 40.3 Å². The van der Waals surface area contributed by atoms with E-state index in [0.29, 0.717) is 0 Å². The van der Waals surface area contributed by atoms with Gasteiger partial charge in [-0.1, -0.05) is 6.07 Å². The minimum Gasteiger partial charge on any atom is -0.316 e. The molecule has 2 heterocycles. The molecule has 2 N–H and O–H groups in total. The van der Waals surface area contributed by atoms with E-state index in [0.717, 1.165) is 24.3 Å². The van der Waals surface area contributed by atoms with Crippen LogP contribution in [0.15, 0.2) is 29.6 Å². The van der Waals surface area contributed by atoms with Gasteiger partial charge in [0.25, 0.3) is 0 Å². The quantitative estimate of drug-likeness (QED) is 0.880. The van der Waals surface area contributed by atoms with Gasteiger partial charge in [0.15, 0.2) is 0 Å². The summed E-state index contributed by atoms with van der Waals surface area (Å²) >= 11 is 1.82. The van der Waals surface area contributed by atoms with Crippen molar-refractivity contribution in [3.8, 4) is 0 Å². The Kier molecular flexibility index (Phi) is 2.64. The summed E-state index contributed by atoms with van der Waals surface area (Å²) in [6, 6.07) is 9.02. The van der Waals surface area contributed by atoms with Crippen LogP contribution in [0.2, 0.25) is 0 Å². The van der Waals surface area contributed by atoms with Gasteiger partial charge < -0.3 is 10.6 Å². The molecule has 1 saturated carbocycles. The Morgan fingerprint density at radius 2 is 2.11 bits per heavy atom. The van der Waals surface area contributed by atoms with Crippen molar-refractivity contribution in [3.63, 3.8) is 0 Å². The van der Waals surface area contributed by atoms with Crippen molar-refractivity contribution in [2.75, 3.05) is 19.6 Å². The summed E-state index contributed by atoms with van der Waals surface area (Å²) < 4.78 is 1.39. The van der Waals surface area contributed by atoms with E-state index in [-0.39, 0.29) is 0 Å². The maximum atomic E-state index is 3.62. The molecule has 0 spiro atoms. The highest BCUT2D eigenvalue weighted by molar-refractivity contribution is 7.17. The molecule has 2 aliphatic rings. The van der Waals surface area contributed by atoms with E-state index < -0.39 is 0 Å². The molecule has 0 radical (unpaired) electrons. The molecule has 1 aromatic carbocycles. The zero-order chi connectivity index (χ0) is 11.9. The Labute approximate surface area is 111 Å². The van der Waals surface area contributed by atoms with E-state index >= 15 is 0 Å². The highest BCUT2D eigenvalue weighted by atomic mass is 32.1. The molecular formula is C15H18N2S. The molecule has 18 heavy (non-hydrogen) atoms. The fourth-order valence-corrected chi connectivity index (χ4v) is 4.13. The zero-order valence-electron chi connectivity index (χ0n) is 10.4. The van der Waals surface area contributed by atoms with Crippen LogP contribution in [0.1, 0.15) is 5.56 Å². The first-order chi connectivity index (χ1) is 8.92. The number of hydrogen-bond donors (Lipinski definition) is 2. The van der Waals surface area contributed by atoms with Crippen LogP contribution in [0.3, 0.4) is 0 Å². The fraction of sp³-hybridized carbons (Fsp3) is 0.467. The summed E-state index contributed by atoms with van der Waals surface area (Å²) in [6.07, 6.45) is 0. The minimum absolute atomic E-state index is 0.941. The monoisotopic (exact) mass is 258 g/mol. The number of piperidine rings is 1. The van der Waals surface area contributed by atoms with Crippen molar-refractivity contribution in [3.05, 3.63) is 35.2 Å². The van der Waals surface area contributed by atoms with E-state index in [1.165, 1.54) is 35.3 Å². The number of rotatable bonds is 4. The van der Waals surface area contributed by atoms with Crippen LogP contribution < -0.4 is 10.6 Å². The number of benzene rings is 1. The van der Waals surface area contributed by atoms with Crippen LogP contribution in [0, 0.1) is 17.8 Å². The lowest BCUT2D eigenvalue weighted by Gasteiger charge is -2.07. The maximum Gasteiger partial charge on any atom is 0.0342 e. The lowest BCUT2D eigenvalue weighted by atomic mass is 10.1. The van der Waals surface area contributed by atoms with Crippen LogP contribution in [-0.2, 0) is 6.54 Å². The third-order valence-electron chi connectivity index (χ3n) is 4.49. The smallest absolute Gasteiger partial charge is 0.0342 e. The molecule has 3 atom stereocenters. The van der Waals surface area contributed by atoms with Gasteiger partial charge >= 0.3 is 0 Å². The van der Waals surface area contributed by atoms with Gasteiger partial charge in [0, 0.05) is 11.2 Å². The van der Waals surface area contributed by atoms with Gasteiger partial charge in [0.2, 0.25) is 0 Å². The summed E-state index contributed by atoms with van der Waals surface area (Å²) in [5.41, 5.74) is 1.41. The minimum atomic E-state index is 0.941. The van der Waals surface area contributed by atoms with Crippen molar-refractivity contribution in [1.82, 2.24) is 10.6 Å². The SMILES string of the molecule is c1cc2cc(CNCC3[C@H]4CNC[C@@H]34)ccc2s1. The summed E-state index contributed by atoms with van der Waals surface area (Å²) in [4.78, 5) is 0. The van der Waals surface area contributed by atoms with Gasteiger partial charge in [0.05, 0.1) is 0 Å². The third-order valence-corrected chi connectivity index (χ3v) is 5.39. The molecule has 2 aromatic rings. The molecular weight excluding hydrogens is 240 g/mol. The first-order valence-corrected chi connectivity index (χ1v) is 7.67. The Bertz CT molecular complexity index is 552. The van der Waals surface area contributed by atoms with Gasteiger partial charge in [-0.2, -0.15) is 0 Å². The summed E-state index contributed by atoms with van der Waals surface area (Å²) in [7, 11) is 0. The molecule has 1 unspecified atom stereocenters. The largest absolute Gasteiger partial charge is 0.316 e. The molecule has 94 valence electrons. The molecule has 0 bridgehead atoms. The van der Waals surface area contributed by atoms with Gasteiger partial charge in [-0.25, -0.2) is 0 Å². The van der Waals surface area contributed by atoms with Crippen molar-refractivity contribution in [2.24, 2.45) is 17.8 Å². The molecule has 2 fully saturated rings. The van der Waals surface area contributed by atoms with Crippen molar-refractivity contribution >= 4 is 21.4 Å². The molecule has 1 aliphatic heterocycles. The van der Waals surface area contributed by atoms with E-state index in [1.807, 2.05) is 11.3 Å². The predicted molar refractivity (Wildman–Crippen MR) is 76.9 cm³/mol. The highest BCUT2D eigenvalue weighted by Crippen LogP contribution is 2.47. The molecule has 4 rings (SSSR count). The molecule has 3 heteroatoms. The van der Waals surface area contributed by atoms with Crippen molar-refractivity contribution < 1.29 is 0 Å².